The standard InChI is InChI=1S/C13H27NO6S/c1-2-18-4-5-19-6-7-20-9-11(15)10-21-8-3-12(14)13(16)17/h11-12,15H,2-10,14H2,1H3,(H,16,17). The molecule has 0 saturated heterocycles. The first-order valence-corrected chi connectivity index (χ1v) is 8.20. The van der Waals surface area contributed by atoms with Crippen LogP contribution in [0.5, 0.6) is 0 Å². The molecule has 0 aromatic heterocycles. The molecule has 0 aliphatic heterocycles. The summed E-state index contributed by atoms with van der Waals surface area (Å²) in [4.78, 5) is 10.5. The molecule has 8 heteroatoms. The minimum atomic E-state index is -0.996. The lowest BCUT2D eigenvalue weighted by atomic mass is 10.2. The van der Waals surface area contributed by atoms with Crippen molar-refractivity contribution in [2.24, 2.45) is 5.73 Å². The van der Waals surface area contributed by atoms with Crippen molar-refractivity contribution >= 4 is 17.7 Å². The molecule has 0 rings (SSSR count). The van der Waals surface area contributed by atoms with E-state index in [1.165, 1.54) is 11.8 Å². The molecule has 0 aromatic carbocycles. The second kappa shape index (κ2) is 14.6. The molecule has 0 aromatic rings. The summed E-state index contributed by atoms with van der Waals surface area (Å²) in [5, 5.41) is 18.2. The van der Waals surface area contributed by atoms with Gasteiger partial charge in [-0.05, 0) is 19.1 Å². The van der Waals surface area contributed by atoms with E-state index in [0.29, 0.717) is 51.0 Å². The van der Waals surface area contributed by atoms with Crippen molar-refractivity contribution in [2.45, 2.75) is 25.5 Å². The second-order valence-corrected chi connectivity index (χ2v) is 5.50. The van der Waals surface area contributed by atoms with E-state index in [4.69, 9.17) is 25.1 Å². The summed E-state index contributed by atoms with van der Waals surface area (Å²) in [5.74, 6) is 0.103. The number of aliphatic hydroxyl groups is 1. The smallest absolute Gasteiger partial charge is 0.320 e. The number of aliphatic carboxylic acids is 1. The Balaban J connectivity index is 3.27. The van der Waals surface area contributed by atoms with Gasteiger partial charge in [-0.25, -0.2) is 0 Å². The molecule has 0 saturated carbocycles. The number of carboxylic acids is 1. The van der Waals surface area contributed by atoms with Crippen molar-refractivity contribution in [3.8, 4) is 0 Å². The van der Waals surface area contributed by atoms with Gasteiger partial charge in [-0.3, -0.25) is 4.79 Å². The minimum Gasteiger partial charge on any atom is -0.480 e. The average Bonchev–Trinajstić information content (AvgIpc) is 2.46. The first-order chi connectivity index (χ1) is 10.1. The lowest BCUT2D eigenvalue weighted by Gasteiger charge is -2.12. The van der Waals surface area contributed by atoms with Gasteiger partial charge in [0.25, 0.3) is 0 Å². The zero-order valence-electron chi connectivity index (χ0n) is 12.5. The van der Waals surface area contributed by atoms with Crippen molar-refractivity contribution in [1.29, 1.82) is 0 Å². The summed E-state index contributed by atoms with van der Waals surface area (Å²) in [6, 6.07) is -0.834. The van der Waals surface area contributed by atoms with Gasteiger partial charge in [-0.15, -0.1) is 0 Å². The third-order valence-corrected chi connectivity index (χ3v) is 3.60. The fraction of sp³-hybridized carbons (Fsp3) is 0.923. The van der Waals surface area contributed by atoms with Gasteiger partial charge in [0.1, 0.15) is 6.04 Å². The molecule has 126 valence electrons. The van der Waals surface area contributed by atoms with E-state index in [1.807, 2.05) is 6.92 Å². The zero-order chi connectivity index (χ0) is 15.9. The minimum absolute atomic E-state index is 0.243. The molecule has 2 unspecified atom stereocenters. The first kappa shape index (κ1) is 20.6. The second-order valence-electron chi connectivity index (χ2n) is 4.35. The Bertz CT molecular complexity index is 257. The van der Waals surface area contributed by atoms with Gasteiger partial charge in [0.2, 0.25) is 0 Å². The maximum absolute atomic E-state index is 10.5. The fourth-order valence-electron chi connectivity index (χ4n) is 1.30. The quantitative estimate of drug-likeness (QED) is 0.359. The van der Waals surface area contributed by atoms with Gasteiger partial charge in [-0.2, -0.15) is 11.8 Å². The molecule has 0 fully saturated rings. The topological polar surface area (TPSA) is 111 Å². The van der Waals surface area contributed by atoms with Crippen molar-refractivity contribution in [1.82, 2.24) is 0 Å². The van der Waals surface area contributed by atoms with E-state index in [2.05, 4.69) is 0 Å². The predicted molar refractivity (Wildman–Crippen MR) is 81.7 cm³/mol. The van der Waals surface area contributed by atoms with Crippen LogP contribution in [0.4, 0.5) is 0 Å². The number of ether oxygens (including phenoxy) is 3. The maximum Gasteiger partial charge on any atom is 0.320 e. The summed E-state index contributed by atoms with van der Waals surface area (Å²) in [7, 11) is 0. The number of rotatable bonds is 15. The summed E-state index contributed by atoms with van der Waals surface area (Å²) >= 11 is 1.46. The van der Waals surface area contributed by atoms with Crippen LogP contribution < -0.4 is 5.73 Å². The number of aliphatic hydroxyl groups excluding tert-OH is 1. The Morgan fingerprint density at radius 1 is 1.19 bits per heavy atom. The normalized spacial score (nSPS) is 14.0. The largest absolute Gasteiger partial charge is 0.480 e. The lowest BCUT2D eigenvalue weighted by Crippen LogP contribution is -2.30. The number of hydrogen-bond donors (Lipinski definition) is 3. The van der Waals surface area contributed by atoms with Gasteiger partial charge in [0.15, 0.2) is 0 Å². The Morgan fingerprint density at radius 3 is 2.43 bits per heavy atom. The van der Waals surface area contributed by atoms with Crippen LogP contribution in [0.2, 0.25) is 0 Å². The van der Waals surface area contributed by atoms with Crippen molar-refractivity contribution < 1.29 is 29.2 Å². The molecule has 7 nitrogen and oxygen atoms in total. The Morgan fingerprint density at radius 2 is 1.81 bits per heavy atom. The number of thioether (sulfide) groups is 1. The van der Waals surface area contributed by atoms with Crippen molar-refractivity contribution in [3.05, 3.63) is 0 Å². The Labute approximate surface area is 130 Å². The molecule has 0 aliphatic rings. The monoisotopic (exact) mass is 325 g/mol. The molecule has 0 bridgehead atoms. The molecule has 4 N–H and O–H groups in total. The van der Waals surface area contributed by atoms with Crippen LogP contribution in [0.25, 0.3) is 0 Å². The molecule has 0 radical (unpaired) electrons. The third-order valence-electron chi connectivity index (χ3n) is 2.46. The van der Waals surface area contributed by atoms with Gasteiger partial charge >= 0.3 is 5.97 Å². The van der Waals surface area contributed by atoms with Crippen LogP contribution in [0.1, 0.15) is 13.3 Å². The van der Waals surface area contributed by atoms with Crippen molar-refractivity contribution in [3.63, 3.8) is 0 Å². The van der Waals surface area contributed by atoms with Gasteiger partial charge in [0.05, 0.1) is 39.1 Å². The lowest BCUT2D eigenvalue weighted by molar-refractivity contribution is -0.138. The fourth-order valence-corrected chi connectivity index (χ4v) is 2.26. The highest BCUT2D eigenvalue weighted by Gasteiger charge is 2.11. The number of carboxylic acid groups (broad SMARTS) is 1. The molecule has 0 heterocycles. The van der Waals surface area contributed by atoms with Crippen LogP contribution in [-0.2, 0) is 19.0 Å². The van der Waals surface area contributed by atoms with Crippen LogP contribution in [-0.4, -0.2) is 79.5 Å². The molecular formula is C13H27NO6S. The number of carbonyl (C=O) groups is 1. The van der Waals surface area contributed by atoms with E-state index in [0.717, 1.165) is 0 Å². The molecule has 21 heavy (non-hydrogen) atoms. The number of hydrogen-bond acceptors (Lipinski definition) is 7. The van der Waals surface area contributed by atoms with Crippen LogP contribution in [0.3, 0.4) is 0 Å². The maximum atomic E-state index is 10.5. The highest BCUT2D eigenvalue weighted by Crippen LogP contribution is 2.06. The van der Waals surface area contributed by atoms with Gasteiger partial charge in [0, 0.05) is 12.4 Å². The Hall–Kier alpha value is -0.380. The van der Waals surface area contributed by atoms with E-state index >= 15 is 0 Å². The SMILES string of the molecule is CCOCCOCCOCC(O)CSCCC(N)C(=O)O. The van der Waals surface area contributed by atoms with Gasteiger partial charge in [-0.1, -0.05) is 0 Å². The third kappa shape index (κ3) is 14.3. The average molecular weight is 325 g/mol. The Kier molecular flexibility index (Phi) is 14.3. The van der Waals surface area contributed by atoms with E-state index < -0.39 is 18.1 Å². The summed E-state index contributed by atoms with van der Waals surface area (Å²) in [6.07, 6.45) is -0.180. The van der Waals surface area contributed by atoms with Crippen LogP contribution in [0, 0.1) is 0 Å². The van der Waals surface area contributed by atoms with Crippen LogP contribution in [0.15, 0.2) is 0 Å². The van der Waals surface area contributed by atoms with Crippen molar-refractivity contribution in [2.75, 3.05) is 51.1 Å². The molecular weight excluding hydrogens is 298 g/mol. The van der Waals surface area contributed by atoms with E-state index in [9.17, 15) is 9.90 Å². The highest BCUT2D eigenvalue weighted by molar-refractivity contribution is 7.99. The predicted octanol–water partition coefficient (Wildman–Crippen LogP) is -0.0478. The zero-order valence-corrected chi connectivity index (χ0v) is 13.3. The summed E-state index contributed by atoms with van der Waals surface area (Å²) in [6.45, 7) is 4.87. The van der Waals surface area contributed by atoms with E-state index in [-0.39, 0.29) is 6.61 Å². The number of nitrogens with two attached hydrogens (primary N) is 1. The summed E-state index contributed by atoms with van der Waals surface area (Å²) < 4.78 is 15.6. The van der Waals surface area contributed by atoms with E-state index in [1.54, 1.807) is 0 Å². The molecule has 0 aliphatic carbocycles. The molecule has 2 atom stereocenters. The van der Waals surface area contributed by atoms with Gasteiger partial charge < -0.3 is 30.2 Å². The van der Waals surface area contributed by atoms with Crippen LogP contribution >= 0.6 is 11.8 Å². The molecule has 0 spiro atoms. The molecule has 0 amide bonds. The summed E-state index contributed by atoms with van der Waals surface area (Å²) in [5.41, 5.74) is 5.37. The highest BCUT2D eigenvalue weighted by atomic mass is 32.2. The first-order valence-electron chi connectivity index (χ1n) is 7.05.